The van der Waals surface area contributed by atoms with Gasteiger partial charge in [-0.15, -0.1) is 0 Å². The lowest BCUT2D eigenvalue weighted by Crippen LogP contribution is -2.33. The van der Waals surface area contributed by atoms with Crippen LogP contribution in [0.4, 0.5) is 0 Å². The van der Waals surface area contributed by atoms with Crippen LogP contribution < -0.4 is 4.74 Å². The third-order valence-electron chi connectivity index (χ3n) is 6.35. The first-order chi connectivity index (χ1) is 14.5. The van der Waals surface area contributed by atoms with Gasteiger partial charge in [0.2, 0.25) is 0 Å². The average molecular weight is 413 g/mol. The molecule has 0 radical (unpaired) electrons. The summed E-state index contributed by atoms with van der Waals surface area (Å²) in [4.78, 5) is 0. The summed E-state index contributed by atoms with van der Waals surface area (Å²) in [5.41, 5.74) is 4.66. The van der Waals surface area contributed by atoms with E-state index in [9.17, 15) is 15.3 Å². The van der Waals surface area contributed by atoms with Gasteiger partial charge in [0.05, 0.1) is 31.0 Å². The largest absolute Gasteiger partial charge is 0.488 e. The van der Waals surface area contributed by atoms with Crippen LogP contribution in [-0.2, 0) is 11.2 Å². The lowest BCUT2D eigenvalue weighted by molar-refractivity contribution is -0.113. The molecule has 0 bridgehead atoms. The van der Waals surface area contributed by atoms with Gasteiger partial charge in [0.25, 0.3) is 0 Å². The highest BCUT2D eigenvalue weighted by molar-refractivity contribution is 5.38. The van der Waals surface area contributed by atoms with Gasteiger partial charge in [0.1, 0.15) is 11.9 Å². The van der Waals surface area contributed by atoms with E-state index in [0.717, 1.165) is 37.0 Å². The molecule has 162 valence electrons. The highest BCUT2D eigenvalue weighted by Crippen LogP contribution is 2.33. The Kier molecular flexibility index (Phi) is 6.74. The zero-order valence-electron chi connectivity index (χ0n) is 17.5. The number of hydrogen-bond donors (Lipinski definition) is 3. The van der Waals surface area contributed by atoms with Crippen LogP contribution in [0.15, 0.2) is 42.5 Å². The van der Waals surface area contributed by atoms with Crippen molar-refractivity contribution in [3.63, 3.8) is 0 Å². The van der Waals surface area contributed by atoms with Gasteiger partial charge in [-0.3, -0.25) is 0 Å². The second-order valence-electron chi connectivity index (χ2n) is 8.72. The maximum absolute atomic E-state index is 10.1. The van der Waals surface area contributed by atoms with Gasteiger partial charge in [-0.2, -0.15) is 0 Å². The third kappa shape index (κ3) is 5.03. The minimum Gasteiger partial charge on any atom is -0.488 e. The molecule has 5 nitrogen and oxygen atoms in total. The number of hydrogen-bond acceptors (Lipinski definition) is 5. The first-order valence-electron chi connectivity index (χ1n) is 11.0. The van der Waals surface area contributed by atoms with Crippen molar-refractivity contribution in [2.45, 2.75) is 76.0 Å². The number of ether oxygens (including phenoxy) is 2. The molecule has 5 atom stereocenters. The van der Waals surface area contributed by atoms with Crippen molar-refractivity contribution in [2.75, 3.05) is 6.61 Å². The third-order valence-corrected chi connectivity index (χ3v) is 6.35. The maximum atomic E-state index is 10.1. The fourth-order valence-electron chi connectivity index (χ4n) is 4.53. The summed E-state index contributed by atoms with van der Waals surface area (Å²) in [5.74, 6) is 0.801. The number of aliphatic hydroxyl groups excluding tert-OH is 3. The fourth-order valence-corrected chi connectivity index (χ4v) is 4.53. The lowest BCUT2D eigenvalue weighted by Gasteiger charge is -2.32. The van der Waals surface area contributed by atoms with E-state index in [2.05, 4.69) is 37.3 Å². The smallest absolute Gasteiger partial charge is 0.124 e. The maximum Gasteiger partial charge on any atom is 0.124 e. The van der Waals surface area contributed by atoms with Gasteiger partial charge in [0.15, 0.2) is 0 Å². The predicted octanol–water partition coefficient (Wildman–Crippen LogP) is 3.45. The highest BCUT2D eigenvalue weighted by atomic mass is 16.5. The van der Waals surface area contributed by atoms with Gasteiger partial charge in [-0.05, 0) is 67.0 Å². The minimum atomic E-state index is -0.448. The molecule has 2 aromatic carbocycles. The summed E-state index contributed by atoms with van der Waals surface area (Å²) in [6.07, 6.45) is 3.17. The summed E-state index contributed by atoms with van der Waals surface area (Å²) < 4.78 is 11.9. The highest BCUT2D eigenvalue weighted by Gasteiger charge is 2.29. The van der Waals surface area contributed by atoms with Crippen molar-refractivity contribution < 1.29 is 24.8 Å². The Morgan fingerprint density at radius 3 is 2.53 bits per heavy atom. The molecule has 1 aliphatic heterocycles. The van der Waals surface area contributed by atoms with E-state index in [-0.39, 0.29) is 31.0 Å². The van der Waals surface area contributed by atoms with E-state index >= 15 is 0 Å². The monoisotopic (exact) mass is 412 g/mol. The Labute approximate surface area is 178 Å². The minimum absolute atomic E-state index is 0.0708. The topological polar surface area (TPSA) is 79.2 Å². The van der Waals surface area contributed by atoms with E-state index in [0.29, 0.717) is 12.8 Å². The summed E-state index contributed by atoms with van der Waals surface area (Å²) in [7, 11) is 0. The molecule has 1 saturated carbocycles. The Morgan fingerprint density at radius 2 is 1.83 bits per heavy atom. The van der Waals surface area contributed by atoms with Gasteiger partial charge in [-0.25, -0.2) is 0 Å². The number of benzene rings is 2. The Bertz CT molecular complexity index is 834. The molecule has 3 unspecified atom stereocenters. The molecule has 4 rings (SSSR count). The van der Waals surface area contributed by atoms with Gasteiger partial charge < -0.3 is 24.8 Å². The predicted molar refractivity (Wildman–Crippen MR) is 115 cm³/mol. The van der Waals surface area contributed by atoms with E-state index < -0.39 is 6.10 Å². The average Bonchev–Trinajstić information content (AvgIpc) is 3.15. The number of aliphatic hydroxyl groups is 3. The summed E-state index contributed by atoms with van der Waals surface area (Å²) >= 11 is 0. The van der Waals surface area contributed by atoms with Crippen LogP contribution in [0.1, 0.15) is 60.5 Å². The van der Waals surface area contributed by atoms with Crippen LogP contribution in [-0.4, -0.2) is 46.3 Å². The van der Waals surface area contributed by atoms with Crippen LogP contribution in [0, 0.1) is 6.92 Å². The zero-order chi connectivity index (χ0) is 21.1. The molecule has 3 N–H and O–H groups in total. The molecule has 1 saturated heterocycles. The normalized spacial score (nSPS) is 29.1. The van der Waals surface area contributed by atoms with Gasteiger partial charge >= 0.3 is 0 Å². The molecular weight excluding hydrogens is 380 g/mol. The molecule has 1 aliphatic carbocycles. The van der Waals surface area contributed by atoms with E-state index in [1.807, 2.05) is 12.1 Å². The van der Waals surface area contributed by atoms with Gasteiger partial charge in [-0.1, -0.05) is 30.3 Å². The second kappa shape index (κ2) is 9.48. The molecule has 0 spiro atoms. The van der Waals surface area contributed by atoms with Crippen LogP contribution in [0.25, 0.3) is 0 Å². The quantitative estimate of drug-likeness (QED) is 0.677. The molecule has 2 aliphatic rings. The summed E-state index contributed by atoms with van der Waals surface area (Å²) in [5, 5.41) is 29.5. The molecule has 0 amide bonds. The van der Waals surface area contributed by atoms with Crippen LogP contribution in [0.3, 0.4) is 0 Å². The molecule has 2 fully saturated rings. The number of aryl methyl sites for hydroxylation is 1. The molecule has 2 aromatic rings. The van der Waals surface area contributed by atoms with Crippen molar-refractivity contribution in [1.82, 2.24) is 0 Å². The zero-order valence-corrected chi connectivity index (χ0v) is 17.5. The van der Waals surface area contributed by atoms with Crippen LogP contribution in [0.5, 0.6) is 5.75 Å². The van der Waals surface area contributed by atoms with Crippen LogP contribution in [0.2, 0.25) is 0 Å². The Balaban J connectivity index is 1.44. The van der Waals surface area contributed by atoms with E-state index in [4.69, 9.17) is 9.47 Å². The van der Waals surface area contributed by atoms with Crippen molar-refractivity contribution >= 4 is 0 Å². The summed E-state index contributed by atoms with van der Waals surface area (Å²) in [6.45, 7) is 2.03. The first-order valence-corrected chi connectivity index (χ1v) is 11.0. The molecule has 1 heterocycles. The van der Waals surface area contributed by atoms with Crippen molar-refractivity contribution in [3.8, 4) is 5.75 Å². The van der Waals surface area contributed by atoms with E-state index in [1.165, 1.54) is 16.7 Å². The summed E-state index contributed by atoms with van der Waals surface area (Å²) in [6, 6.07) is 14.4. The molecule has 5 heteroatoms. The molecule has 30 heavy (non-hydrogen) atoms. The number of rotatable bonds is 6. The van der Waals surface area contributed by atoms with E-state index in [1.54, 1.807) is 0 Å². The Morgan fingerprint density at radius 1 is 1.03 bits per heavy atom. The van der Waals surface area contributed by atoms with Gasteiger partial charge in [0, 0.05) is 12.8 Å². The van der Waals surface area contributed by atoms with Crippen LogP contribution >= 0.6 is 0 Å². The standard InChI is InChI=1S/C25H32O5/c1-16-5-8-18(25-14-20(27)13-22(15-26)30-25)12-19(16)11-17-6-9-21(10-7-17)29-24-4-2-3-23(24)28/h5-10,12,20,22-28H,2-4,11,13-15H2,1H3/t20?,22-,23?,24?,25+/m0/s1. The lowest BCUT2D eigenvalue weighted by atomic mass is 9.92. The molecule has 0 aromatic heterocycles. The fraction of sp³-hybridized carbons (Fsp3) is 0.520. The van der Waals surface area contributed by atoms with Crippen molar-refractivity contribution in [3.05, 3.63) is 64.7 Å². The molecular formula is C25H32O5. The Hall–Kier alpha value is -1.92. The SMILES string of the molecule is Cc1ccc([C@H]2CC(O)C[C@@H](CO)O2)cc1Cc1ccc(OC2CCCC2O)cc1. The first kappa shape index (κ1) is 21.3. The van der Waals surface area contributed by atoms with Crippen molar-refractivity contribution in [2.24, 2.45) is 0 Å². The van der Waals surface area contributed by atoms with Crippen molar-refractivity contribution in [1.29, 1.82) is 0 Å². The second-order valence-corrected chi connectivity index (χ2v) is 8.72.